The quantitative estimate of drug-likeness (QED) is 0.666. The first-order valence-electron chi connectivity index (χ1n) is 8.44. The fourth-order valence-electron chi connectivity index (χ4n) is 3.04. The SMILES string of the molecule is O=C(Nc1ncccc1O)C1CCC(C(=O)Nc2ncccc2O)CC1. The van der Waals surface area contributed by atoms with Gasteiger partial charge in [-0.2, -0.15) is 0 Å². The van der Waals surface area contributed by atoms with Crippen LogP contribution in [0.15, 0.2) is 36.7 Å². The van der Waals surface area contributed by atoms with Gasteiger partial charge in [0.05, 0.1) is 0 Å². The van der Waals surface area contributed by atoms with Crippen molar-refractivity contribution in [3.8, 4) is 11.5 Å². The minimum Gasteiger partial charge on any atom is -0.504 e. The Morgan fingerprint density at radius 2 is 1.19 bits per heavy atom. The number of rotatable bonds is 4. The first-order chi connectivity index (χ1) is 12.5. The fraction of sp³-hybridized carbons (Fsp3) is 0.333. The van der Waals surface area contributed by atoms with E-state index < -0.39 is 0 Å². The molecule has 2 amide bonds. The largest absolute Gasteiger partial charge is 0.504 e. The molecule has 0 atom stereocenters. The Bertz CT molecular complexity index is 736. The molecule has 0 bridgehead atoms. The summed E-state index contributed by atoms with van der Waals surface area (Å²) < 4.78 is 0. The van der Waals surface area contributed by atoms with Crippen LogP contribution in [0.3, 0.4) is 0 Å². The Morgan fingerprint density at radius 1 is 0.808 bits per heavy atom. The van der Waals surface area contributed by atoms with Crippen LogP contribution in [-0.4, -0.2) is 32.0 Å². The standard InChI is InChI=1S/C18H20N4O4/c23-13-3-1-9-19-15(13)21-17(25)11-5-7-12(8-6-11)18(26)22-16-14(24)4-2-10-20-16/h1-4,9-12,23-24H,5-8H2,(H,19,21,25)(H,20,22,26). The van der Waals surface area contributed by atoms with Gasteiger partial charge in [0.25, 0.3) is 0 Å². The maximum Gasteiger partial charge on any atom is 0.228 e. The molecule has 2 heterocycles. The van der Waals surface area contributed by atoms with Gasteiger partial charge < -0.3 is 20.8 Å². The van der Waals surface area contributed by atoms with Gasteiger partial charge in [-0.05, 0) is 49.9 Å². The molecule has 0 aliphatic heterocycles. The lowest BCUT2D eigenvalue weighted by Gasteiger charge is -2.26. The zero-order valence-corrected chi connectivity index (χ0v) is 14.1. The van der Waals surface area contributed by atoms with Crippen molar-refractivity contribution in [3.05, 3.63) is 36.7 Å². The van der Waals surface area contributed by atoms with E-state index >= 15 is 0 Å². The van der Waals surface area contributed by atoms with Crippen molar-refractivity contribution >= 4 is 23.5 Å². The third-order valence-electron chi connectivity index (χ3n) is 4.52. The van der Waals surface area contributed by atoms with Crippen LogP contribution >= 0.6 is 0 Å². The van der Waals surface area contributed by atoms with Crippen LogP contribution in [0.2, 0.25) is 0 Å². The van der Waals surface area contributed by atoms with Gasteiger partial charge in [-0.25, -0.2) is 9.97 Å². The number of aromatic hydroxyl groups is 2. The number of aromatic nitrogens is 2. The number of amides is 2. The van der Waals surface area contributed by atoms with Crippen LogP contribution in [0.4, 0.5) is 11.6 Å². The highest BCUT2D eigenvalue weighted by Gasteiger charge is 2.30. The number of carbonyl (C=O) groups excluding carboxylic acids is 2. The number of carbonyl (C=O) groups is 2. The fourth-order valence-corrected chi connectivity index (χ4v) is 3.04. The van der Waals surface area contributed by atoms with Crippen LogP contribution in [0.25, 0.3) is 0 Å². The molecule has 2 aromatic rings. The van der Waals surface area contributed by atoms with Gasteiger partial charge in [-0.15, -0.1) is 0 Å². The molecule has 1 saturated carbocycles. The smallest absolute Gasteiger partial charge is 0.228 e. The van der Waals surface area contributed by atoms with Crippen molar-refractivity contribution in [1.82, 2.24) is 9.97 Å². The Kier molecular flexibility index (Phi) is 5.31. The molecule has 0 radical (unpaired) electrons. The zero-order chi connectivity index (χ0) is 18.5. The summed E-state index contributed by atoms with van der Waals surface area (Å²) in [5.41, 5.74) is 0. The number of hydrogen-bond donors (Lipinski definition) is 4. The van der Waals surface area contributed by atoms with E-state index in [9.17, 15) is 19.8 Å². The second-order valence-electron chi connectivity index (χ2n) is 6.27. The van der Waals surface area contributed by atoms with Gasteiger partial charge in [-0.1, -0.05) is 0 Å². The van der Waals surface area contributed by atoms with Gasteiger partial charge in [0.15, 0.2) is 23.1 Å². The lowest BCUT2D eigenvalue weighted by atomic mass is 9.81. The van der Waals surface area contributed by atoms with Crippen molar-refractivity contribution in [2.75, 3.05) is 10.6 Å². The van der Waals surface area contributed by atoms with Gasteiger partial charge in [-0.3, -0.25) is 9.59 Å². The van der Waals surface area contributed by atoms with E-state index in [0.29, 0.717) is 25.7 Å². The zero-order valence-electron chi connectivity index (χ0n) is 14.1. The molecule has 0 spiro atoms. The highest BCUT2D eigenvalue weighted by molar-refractivity contribution is 5.94. The molecule has 136 valence electrons. The second kappa shape index (κ2) is 7.81. The number of pyridine rings is 2. The predicted octanol–water partition coefficient (Wildman–Crippen LogP) is 2.27. The molecule has 0 saturated heterocycles. The average Bonchev–Trinajstić information content (AvgIpc) is 2.65. The normalized spacial score (nSPS) is 19.5. The average molecular weight is 356 g/mol. The molecule has 1 fully saturated rings. The summed E-state index contributed by atoms with van der Waals surface area (Å²) in [6, 6.07) is 6.07. The third kappa shape index (κ3) is 4.08. The van der Waals surface area contributed by atoms with Crippen LogP contribution in [0, 0.1) is 11.8 Å². The van der Waals surface area contributed by atoms with Crippen molar-refractivity contribution in [2.45, 2.75) is 25.7 Å². The maximum atomic E-state index is 12.3. The van der Waals surface area contributed by atoms with Crippen LogP contribution < -0.4 is 10.6 Å². The van der Waals surface area contributed by atoms with Gasteiger partial charge in [0.1, 0.15) is 0 Å². The number of nitrogens with zero attached hydrogens (tertiary/aromatic N) is 2. The minimum absolute atomic E-state index is 0.0796. The topological polar surface area (TPSA) is 124 Å². The second-order valence-corrected chi connectivity index (χ2v) is 6.27. The van der Waals surface area contributed by atoms with E-state index in [1.165, 1.54) is 24.5 Å². The molecule has 8 heteroatoms. The summed E-state index contributed by atoms with van der Waals surface area (Å²) in [6.45, 7) is 0. The summed E-state index contributed by atoms with van der Waals surface area (Å²) in [4.78, 5) is 32.5. The minimum atomic E-state index is -0.233. The molecule has 3 rings (SSSR count). The van der Waals surface area contributed by atoms with E-state index in [4.69, 9.17) is 0 Å². The van der Waals surface area contributed by atoms with E-state index in [2.05, 4.69) is 20.6 Å². The summed E-state index contributed by atoms with van der Waals surface area (Å²) >= 11 is 0. The van der Waals surface area contributed by atoms with E-state index in [1.807, 2.05) is 0 Å². The molecule has 1 aliphatic rings. The molecule has 8 nitrogen and oxygen atoms in total. The molecule has 0 unspecified atom stereocenters. The molecular formula is C18H20N4O4. The van der Waals surface area contributed by atoms with E-state index in [1.54, 1.807) is 12.1 Å². The first-order valence-corrected chi connectivity index (χ1v) is 8.44. The van der Waals surface area contributed by atoms with Crippen LogP contribution in [0.5, 0.6) is 11.5 Å². The molecular weight excluding hydrogens is 336 g/mol. The van der Waals surface area contributed by atoms with Crippen LogP contribution in [0.1, 0.15) is 25.7 Å². The van der Waals surface area contributed by atoms with Gasteiger partial charge >= 0.3 is 0 Å². The Labute approximate surface area is 150 Å². The number of nitrogens with one attached hydrogen (secondary N) is 2. The van der Waals surface area contributed by atoms with Crippen LogP contribution in [-0.2, 0) is 9.59 Å². The van der Waals surface area contributed by atoms with E-state index in [-0.39, 0.29) is 46.8 Å². The lowest BCUT2D eigenvalue weighted by molar-refractivity contribution is -0.125. The maximum absolute atomic E-state index is 12.3. The predicted molar refractivity (Wildman–Crippen MR) is 94.5 cm³/mol. The molecule has 0 aromatic carbocycles. The van der Waals surface area contributed by atoms with Crippen molar-refractivity contribution in [2.24, 2.45) is 11.8 Å². The molecule has 1 aliphatic carbocycles. The summed E-state index contributed by atoms with van der Waals surface area (Å²) in [5, 5.41) is 24.6. The van der Waals surface area contributed by atoms with Gasteiger partial charge in [0.2, 0.25) is 11.8 Å². The molecule has 4 N–H and O–H groups in total. The number of hydrogen-bond acceptors (Lipinski definition) is 6. The Morgan fingerprint density at radius 3 is 1.54 bits per heavy atom. The molecule has 2 aromatic heterocycles. The van der Waals surface area contributed by atoms with Gasteiger partial charge in [0, 0.05) is 24.2 Å². The summed E-state index contributed by atoms with van der Waals surface area (Å²) in [6.07, 6.45) is 5.22. The number of anilines is 2. The van der Waals surface area contributed by atoms with E-state index in [0.717, 1.165) is 0 Å². The Balaban J connectivity index is 1.52. The van der Waals surface area contributed by atoms with Crippen molar-refractivity contribution in [1.29, 1.82) is 0 Å². The third-order valence-corrected chi connectivity index (χ3v) is 4.52. The Hall–Kier alpha value is -3.16. The van der Waals surface area contributed by atoms with Crippen molar-refractivity contribution in [3.63, 3.8) is 0 Å². The highest BCUT2D eigenvalue weighted by atomic mass is 16.3. The molecule has 26 heavy (non-hydrogen) atoms. The van der Waals surface area contributed by atoms with Crippen molar-refractivity contribution < 1.29 is 19.8 Å². The first kappa shape index (κ1) is 17.7. The highest BCUT2D eigenvalue weighted by Crippen LogP contribution is 2.31. The summed E-state index contributed by atoms with van der Waals surface area (Å²) in [7, 11) is 0. The lowest BCUT2D eigenvalue weighted by Crippen LogP contribution is -2.32. The summed E-state index contributed by atoms with van der Waals surface area (Å²) in [5.74, 6) is -0.757. The monoisotopic (exact) mass is 356 g/mol.